The molecule has 130 valence electrons. The molecule has 0 amide bonds. The number of nitrogens with two attached hydrogens (primary N) is 1. The summed E-state index contributed by atoms with van der Waals surface area (Å²) in [5, 5.41) is 0. The van der Waals surface area contributed by atoms with Gasteiger partial charge in [0.2, 0.25) is 17.4 Å². The van der Waals surface area contributed by atoms with E-state index < -0.39 is 27.8 Å². The second kappa shape index (κ2) is 6.60. The van der Waals surface area contributed by atoms with Crippen molar-refractivity contribution in [2.75, 3.05) is 0 Å². The van der Waals surface area contributed by atoms with E-state index in [9.17, 15) is 13.2 Å². The normalized spacial score (nSPS) is 17.5. The van der Waals surface area contributed by atoms with E-state index in [1.54, 1.807) is 54.6 Å². The van der Waals surface area contributed by atoms with E-state index >= 15 is 0 Å². The molecule has 1 unspecified atom stereocenters. The molecule has 6 nitrogen and oxygen atoms in total. The third-order valence-corrected chi connectivity index (χ3v) is 4.81. The van der Waals surface area contributed by atoms with Gasteiger partial charge in [0.1, 0.15) is 5.75 Å². The van der Waals surface area contributed by atoms with Crippen LogP contribution in [-0.4, -0.2) is 14.2 Å². The van der Waals surface area contributed by atoms with Crippen molar-refractivity contribution in [1.82, 2.24) is 0 Å². The van der Waals surface area contributed by atoms with Gasteiger partial charge in [-0.15, -0.1) is 0 Å². The Hall–Kier alpha value is -2.80. The van der Waals surface area contributed by atoms with Crippen molar-refractivity contribution in [3.8, 4) is 0 Å². The van der Waals surface area contributed by atoms with Gasteiger partial charge in [-0.25, -0.2) is 0 Å². The molecule has 0 fully saturated rings. The van der Waals surface area contributed by atoms with Crippen LogP contribution in [-0.2, 0) is 29.6 Å². The van der Waals surface area contributed by atoms with Crippen molar-refractivity contribution in [2.24, 2.45) is 5.73 Å². The Labute approximate surface area is 146 Å². The monoisotopic (exact) mass is 359 g/mol. The molecule has 3 rings (SSSR count). The molecule has 2 aromatic rings. The molecule has 25 heavy (non-hydrogen) atoms. The van der Waals surface area contributed by atoms with Crippen LogP contribution in [0.15, 0.2) is 66.2 Å². The van der Waals surface area contributed by atoms with Gasteiger partial charge in [0.05, 0.1) is 0 Å². The first-order valence-electron chi connectivity index (χ1n) is 7.59. The molecule has 2 N–H and O–H groups in total. The zero-order chi connectivity index (χ0) is 18.0. The van der Waals surface area contributed by atoms with Crippen molar-refractivity contribution >= 4 is 15.9 Å². The van der Waals surface area contributed by atoms with Crippen LogP contribution >= 0.6 is 0 Å². The van der Waals surface area contributed by atoms with Crippen LogP contribution in [0, 0.1) is 6.92 Å². The average Bonchev–Trinajstić information content (AvgIpc) is 2.85. The predicted octanol–water partition coefficient (Wildman–Crippen LogP) is 2.31. The number of aryl methyl sites for hydroxylation is 1. The molecule has 1 aliphatic heterocycles. The largest absolute Gasteiger partial charge is 0.460 e. The summed E-state index contributed by atoms with van der Waals surface area (Å²) >= 11 is 0. The maximum absolute atomic E-state index is 12.4. The van der Waals surface area contributed by atoms with Crippen molar-refractivity contribution in [1.29, 1.82) is 0 Å². The van der Waals surface area contributed by atoms with Crippen molar-refractivity contribution in [3.63, 3.8) is 0 Å². The fraction of sp³-hybridized carbons (Fsp3) is 0.167. The molecule has 0 radical (unpaired) electrons. The summed E-state index contributed by atoms with van der Waals surface area (Å²) in [6, 6.07) is 15.6. The van der Waals surface area contributed by atoms with Crippen LogP contribution in [0.1, 0.15) is 22.8 Å². The molecule has 7 heteroatoms. The molecule has 0 aliphatic carbocycles. The topological polar surface area (TPSA) is 95.7 Å². The number of benzene rings is 2. The molecule has 1 heterocycles. The van der Waals surface area contributed by atoms with Gasteiger partial charge in [0.25, 0.3) is 0 Å². The Balaban J connectivity index is 1.76. The molecular weight excluding hydrogens is 342 g/mol. The summed E-state index contributed by atoms with van der Waals surface area (Å²) in [4.78, 5) is 12.4. The van der Waals surface area contributed by atoms with Crippen molar-refractivity contribution < 1.29 is 22.1 Å². The molecule has 2 aromatic carbocycles. The lowest BCUT2D eigenvalue weighted by Gasteiger charge is -2.09. The summed E-state index contributed by atoms with van der Waals surface area (Å²) < 4.78 is 34.8. The second-order valence-electron chi connectivity index (χ2n) is 5.74. The zero-order valence-electron chi connectivity index (χ0n) is 13.5. The van der Waals surface area contributed by atoms with E-state index in [0.717, 1.165) is 5.56 Å². The smallest absolute Gasteiger partial charge is 0.313 e. The third kappa shape index (κ3) is 3.83. The minimum atomic E-state index is -4.04. The highest BCUT2D eigenvalue weighted by Gasteiger charge is 2.39. The number of ether oxygens (including phenoxy) is 1. The van der Waals surface area contributed by atoms with Gasteiger partial charge in [0.15, 0.2) is 6.10 Å². The molecule has 1 aliphatic rings. The van der Waals surface area contributed by atoms with Gasteiger partial charge in [-0.05, 0) is 12.5 Å². The zero-order valence-corrected chi connectivity index (χ0v) is 14.3. The number of Topliss-reactive ketones (excluding diaryl/α,β-unsaturated/α-hetero) is 1. The third-order valence-electron chi connectivity index (χ3n) is 3.71. The maximum Gasteiger partial charge on any atom is 0.313 e. The summed E-state index contributed by atoms with van der Waals surface area (Å²) in [6.07, 6.45) is -0.995. The SMILES string of the molecule is Cc1ccc(CS(=O)(=O)OC2=C(N)OC(c3ccccc3)C2=O)cc1. The van der Waals surface area contributed by atoms with Crippen LogP contribution in [0.2, 0.25) is 0 Å². The predicted molar refractivity (Wildman–Crippen MR) is 91.4 cm³/mol. The van der Waals surface area contributed by atoms with E-state index in [1.165, 1.54) is 0 Å². The standard InChI is InChI=1S/C18H17NO5S/c1-12-7-9-13(10-8-12)11-25(21,22)24-17-15(20)16(23-18(17)19)14-5-3-2-4-6-14/h2-10,16H,11,19H2,1H3. The minimum absolute atomic E-state index is 0.327. The van der Waals surface area contributed by atoms with E-state index in [0.29, 0.717) is 11.1 Å². The minimum Gasteiger partial charge on any atom is -0.460 e. The summed E-state index contributed by atoms with van der Waals surface area (Å²) in [7, 11) is -4.04. The molecule has 0 bridgehead atoms. The Morgan fingerprint density at radius 1 is 1.08 bits per heavy atom. The lowest BCUT2D eigenvalue weighted by molar-refractivity contribution is -0.123. The Morgan fingerprint density at radius 2 is 1.72 bits per heavy atom. The highest BCUT2D eigenvalue weighted by Crippen LogP contribution is 2.32. The van der Waals surface area contributed by atoms with E-state index in [2.05, 4.69) is 0 Å². The van der Waals surface area contributed by atoms with Gasteiger partial charge in [-0.3, -0.25) is 4.79 Å². The number of hydrogen-bond donors (Lipinski definition) is 1. The van der Waals surface area contributed by atoms with Gasteiger partial charge >= 0.3 is 10.1 Å². The molecular formula is C18H17NO5S. The Bertz CT molecular complexity index is 918. The maximum atomic E-state index is 12.4. The number of rotatable bonds is 5. The number of ketones is 1. The van der Waals surface area contributed by atoms with Crippen molar-refractivity contribution in [2.45, 2.75) is 18.8 Å². The highest BCUT2D eigenvalue weighted by atomic mass is 32.2. The van der Waals surface area contributed by atoms with Crippen LogP contribution in [0.4, 0.5) is 0 Å². The first-order valence-corrected chi connectivity index (χ1v) is 9.17. The molecule has 0 aromatic heterocycles. The molecule has 0 spiro atoms. The first-order chi connectivity index (χ1) is 11.9. The van der Waals surface area contributed by atoms with Gasteiger partial charge in [-0.2, -0.15) is 8.42 Å². The van der Waals surface area contributed by atoms with E-state index in [4.69, 9.17) is 14.7 Å². The van der Waals surface area contributed by atoms with Crippen LogP contribution in [0.25, 0.3) is 0 Å². The van der Waals surface area contributed by atoms with Gasteiger partial charge in [-0.1, -0.05) is 60.2 Å². The van der Waals surface area contributed by atoms with Crippen LogP contribution in [0.5, 0.6) is 0 Å². The van der Waals surface area contributed by atoms with E-state index in [1.807, 2.05) is 6.92 Å². The van der Waals surface area contributed by atoms with Crippen LogP contribution < -0.4 is 5.73 Å². The average molecular weight is 359 g/mol. The quantitative estimate of drug-likeness (QED) is 0.823. The Kier molecular flexibility index (Phi) is 4.50. The fourth-order valence-corrected chi connectivity index (χ4v) is 3.53. The lowest BCUT2D eigenvalue weighted by atomic mass is 10.1. The van der Waals surface area contributed by atoms with E-state index in [-0.39, 0.29) is 11.6 Å². The van der Waals surface area contributed by atoms with Gasteiger partial charge in [0, 0.05) is 5.56 Å². The molecule has 0 saturated heterocycles. The molecule has 1 atom stereocenters. The summed E-state index contributed by atoms with van der Waals surface area (Å²) in [5.41, 5.74) is 7.80. The highest BCUT2D eigenvalue weighted by molar-refractivity contribution is 7.86. The second-order valence-corrected chi connectivity index (χ2v) is 7.31. The summed E-state index contributed by atoms with van der Waals surface area (Å²) in [5.74, 6) is -1.78. The number of hydrogen-bond acceptors (Lipinski definition) is 6. The lowest BCUT2D eigenvalue weighted by Crippen LogP contribution is -2.16. The van der Waals surface area contributed by atoms with Crippen LogP contribution in [0.3, 0.4) is 0 Å². The molecule has 0 saturated carbocycles. The van der Waals surface area contributed by atoms with Gasteiger partial charge < -0.3 is 14.7 Å². The Morgan fingerprint density at radius 3 is 2.36 bits per heavy atom. The van der Waals surface area contributed by atoms with Crippen molar-refractivity contribution in [3.05, 3.63) is 82.9 Å². The fourth-order valence-electron chi connectivity index (χ4n) is 2.45. The number of carbonyl (C=O) groups excluding carboxylic acids is 1. The summed E-state index contributed by atoms with van der Waals surface area (Å²) in [6.45, 7) is 1.90. The number of carbonyl (C=O) groups is 1. The first kappa shape index (κ1) is 17.0.